The Balaban J connectivity index is 1.28. The molecule has 1 heterocycles. The summed E-state index contributed by atoms with van der Waals surface area (Å²) in [6.07, 6.45) is 2.09. The molecule has 4 aromatic rings. The van der Waals surface area contributed by atoms with Crippen molar-refractivity contribution >= 4 is 28.5 Å². The predicted molar refractivity (Wildman–Crippen MR) is 126 cm³/mol. The standard InChI is InChI=1S/C26H24N4O3/c31-25(27-19-12-10-18(11-13-19)26(32)28-20-14-15-20)16-30-23-9-5-4-8-22(23)29-24(30)17-33-21-6-2-1-3-7-21/h1-13,20H,14-17H2,(H,27,31)(H,28,32). The van der Waals surface area contributed by atoms with E-state index in [1.165, 1.54) is 0 Å². The molecule has 7 heteroatoms. The number of carbonyl (C=O) groups is 2. The zero-order valence-corrected chi connectivity index (χ0v) is 18.0. The van der Waals surface area contributed by atoms with E-state index in [0.29, 0.717) is 23.1 Å². The van der Waals surface area contributed by atoms with Gasteiger partial charge in [0.2, 0.25) is 5.91 Å². The number of fused-ring (bicyclic) bond motifs is 1. The summed E-state index contributed by atoms with van der Waals surface area (Å²) in [5.41, 5.74) is 2.89. The van der Waals surface area contributed by atoms with E-state index in [2.05, 4.69) is 15.6 Å². The molecule has 7 nitrogen and oxygen atoms in total. The maximum Gasteiger partial charge on any atom is 0.251 e. The number of anilines is 1. The quantitative estimate of drug-likeness (QED) is 0.431. The Kier molecular flexibility index (Phi) is 5.76. The Bertz CT molecular complexity index is 1280. The molecule has 1 saturated carbocycles. The van der Waals surface area contributed by atoms with Gasteiger partial charge < -0.3 is 19.9 Å². The van der Waals surface area contributed by atoms with Crippen LogP contribution in [-0.4, -0.2) is 27.4 Å². The first kappa shape index (κ1) is 20.8. The molecule has 2 amide bonds. The summed E-state index contributed by atoms with van der Waals surface area (Å²) < 4.78 is 7.74. The van der Waals surface area contributed by atoms with Crippen molar-refractivity contribution in [3.63, 3.8) is 0 Å². The third kappa shape index (κ3) is 5.03. The van der Waals surface area contributed by atoms with E-state index >= 15 is 0 Å². The van der Waals surface area contributed by atoms with Gasteiger partial charge in [-0.3, -0.25) is 9.59 Å². The molecule has 0 spiro atoms. The second-order valence-electron chi connectivity index (χ2n) is 8.08. The number of carbonyl (C=O) groups excluding carboxylic acids is 2. The van der Waals surface area contributed by atoms with Crippen LogP contribution in [0, 0.1) is 0 Å². The summed E-state index contributed by atoms with van der Waals surface area (Å²) in [4.78, 5) is 29.6. The molecule has 0 saturated heterocycles. The molecular formula is C26H24N4O3. The number of imidazole rings is 1. The number of benzene rings is 3. The molecule has 33 heavy (non-hydrogen) atoms. The number of hydrogen-bond acceptors (Lipinski definition) is 4. The van der Waals surface area contributed by atoms with Crippen molar-refractivity contribution in [2.24, 2.45) is 0 Å². The first-order chi connectivity index (χ1) is 16.2. The van der Waals surface area contributed by atoms with Crippen LogP contribution in [0.3, 0.4) is 0 Å². The molecule has 3 aromatic carbocycles. The number of ether oxygens (including phenoxy) is 1. The molecule has 0 unspecified atom stereocenters. The lowest BCUT2D eigenvalue weighted by molar-refractivity contribution is -0.116. The monoisotopic (exact) mass is 440 g/mol. The summed E-state index contributed by atoms with van der Waals surface area (Å²) in [6, 6.07) is 24.4. The highest BCUT2D eigenvalue weighted by atomic mass is 16.5. The van der Waals surface area contributed by atoms with E-state index in [0.717, 1.165) is 29.6 Å². The zero-order chi connectivity index (χ0) is 22.6. The molecule has 1 aromatic heterocycles. The van der Waals surface area contributed by atoms with E-state index < -0.39 is 0 Å². The van der Waals surface area contributed by atoms with E-state index in [9.17, 15) is 9.59 Å². The second-order valence-corrected chi connectivity index (χ2v) is 8.08. The average Bonchev–Trinajstić information content (AvgIpc) is 3.59. The zero-order valence-electron chi connectivity index (χ0n) is 18.0. The van der Waals surface area contributed by atoms with Gasteiger partial charge in [0.25, 0.3) is 5.91 Å². The topological polar surface area (TPSA) is 85.2 Å². The minimum absolute atomic E-state index is 0.0803. The van der Waals surface area contributed by atoms with E-state index in [1.807, 2.05) is 59.2 Å². The van der Waals surface area contributed by atoms with Crippen molar-refractivity contribution in [1.82, 2.24) is 14.9 Å². The van der Waals surface area contributed by atoms with Gasteiger partial charge in [-0.25, -0.2) is 4.98 Å². The highest BCUT2D eigenvalue weighted by Gasteiger charge is 2.23. The minimum Gasteiger partial charge on any atom is -0.486 e. The Morgan fingerprint density at radius 1 is 0.939 bits per heavy atom. The molecule has 2 N–H and O–H groups in total. The average molecular weight is 441 g/mol. The Labute approximate surface area is 191 Å². The van der Waals surface area contributed by atoms with Crippen molar-refractivity contribution in [3.05, 3.63) is 90.3 Å². The lowest BCUT2D eigenvalue weighted by atomic mass is 10.2. The summed E-state index contributed by atoms with van der Waals surface area (Å²) in [5.74, 6) is 1.14. The fourth-order valence-electron chi connectivity index (χ4n) is 3.62. The van der Waals surface area contributed by atoms with Gasteiger partial charge in [0, 0.05) is 17.3 Å². The van der Waals surface area contributed by atoms with Gasteiger partial charge in [-0.2, -0.15) is 0 Å². The van der Waals surface area contributed by atoms with Crippen LogP contribution in [0.15, 0.2) is 78.9 Å². The number of amides is 2. The third-order valence-corrected chi connectivity index (χ3v) is 5.49. The van der Waals surface area contributed by atoms with Crippen molar-refractivity contribution < 1.29 is 14.3 Å². The number of nitrogens with one attached hydrogen (secondary N) is 2. The van der Waals surface area contributed by atoms with Crippen LogP contribution in [0.4, 0.5) is 5.69 Å². The van der Waals surface area contributed by atoms with Gasteiger partial charge >= 0.3 is 0 Å². The van der Waals surface area contributed by atoms with Crippen molar-refractivity contribution in [2.45, 2.75) is 32.0 Å². The number of aromatic nitrogens is 2. The molecule has 1 fully saturated rings. The fraction of sp³-hybridized carbons (Fsp3) is 0.192. The van der Waals surface area contributed by atoms with Crippen LogP contribution < -0.4 is 15.4 Å². The number of rotatable bonds is 8. The van der Waals surface area contributed by atoms with Crippen LogP contribution in [0.2, 0.25) is 0 Å². The SMILES string of the molecule is O=C(Cn1c(COc2ccccc2)nc2ccccc21)Nc1ccc(C(=O)NC2CC2)cc1. The van der Waals surface area contributed by atoms with Gasteiger partial charge in [0.05, 0.1) is 11.0 Å². The largest absolute Gasteiger partial charge is 0.486 e. The molecule has 0 aliphatic heterocycles. The van der Waals surface area contributed by atoms with Gasteiger partial charge in [-0.05, 0) is 61.4 Å². The van der Waals surface area contributed by atoms with Gasteiger partial charge in [-0.1, -0.05) is 30.3 Å². The highest BCUT2D eigenvalue weighted by molar-refractivity contribution is 5.96. The van der Waals surface area contributed by atoms with Crippen molar-refractivity contribution in [1.29, 1.82) is 0 Å². The molecule has 166 valence electrons. The number of nitrogens with zero attached hydrogens (tertiary/aromatic N) is 2. The van der Waals surface area contributed by atoms with Gasteiger partial charge in [-0.15, -0.1) is 0 Å². The van der Waals surface area contributed by atoms with Gasteiger partial charge in [0.1, 0.15) is 24.7 Å². The van der Waals surface area contributed by atoms with Crippen LogP contribution in [0.25, 0.3) is 11.0 Å². The molecule has 0 radical (unpaired) electrons. The highest BCUT2D eigenvalue weighted by Crippen LogP contribution is 2.21. The molecule has 0 bridgehead atoms. The number of hydrogen-bond donors (Lipinski definition) is 2. The molecule has 1 aliphatic carbocycles. The third-order valence-electron chi connectivity index (χ3n) is 5.49. The van der Waals surface area contributed by atoms with E-state index in [-0.39, 0.29) is 25.0 Å². The van der Waals surface area contributed by atoms with Crippen LogP contribution in [0.1, 0.15) is 29.0 Å². The maximum atomic E-state index is 12.8. The summed E-state index contributed by atoms with van der Waals surface area (Å²) in [5, 5.41) is 5.86. The predicted octanol–water partition coefficient (Wildman–Crippen LogP) is 4.15. The summed E-state index contributed by atoms with van der Waals surface area (Å²) in [6.45, 7) is 0.342. The smallest absolute Gasteiger partial charge is 0.251 e. The lowest BCUT2D eigenvalue weighted by Gasteiger charge is -2.11. The molecule has 1 aliphatic rings. The lowest BCUT2D eigenvalue weighted by Crippen LogP contribution is -2.25. The van der Waals surface area contributed by atoms with E-state index in [4.69, 9.17) is 4.74 Å². The normalized spacial score (nSPS) is 13.0. The molecule has 5 rings (SSSR count). The Morgan fingerprint density at radius 3 is 2.42 bits per heavy atom. The summed E-state index contributed by atoms with van der Waals surface area (Å²) in [7, 11) is 0. The Morgan fingerprint density at radius 2 is 1.67 bits per heavy atom. The Hall–Kier alpha value is -4.13. The van der Waals surface area contributed by atoms with Crippen molar-refractivity contribution in [2.75, 3.05) is 5.32 Å². The van der Waals surface area contributed by atoms with Crippen molar-refractivity contribution in [3.8, 4) is 5.75 Å². The maximum absolute atomic E-state index is 12.8. The van der Waals surface area contributed by atoms with Crippen LogP contribution in [0.5, 0.6) is 5.75 Å². The first-order valence-electron chi connectivity index (χ1n) is 11.0. The first-order valence-corrected chi connectivity index (χ1v) is 11.0. The number of para-hydroxylation sites is 3. The van der Waals surface area contributed by atoms with E-state index in [1.54, 1.807) is 24.3 Å². The fourth-order valence-corrected chi connectivity index (χ4v) is 3.62. The minimum atomic E-state index is -0.186. The van der Waals surface area contributed by atoms with Crippen LogP contribution >= 0.6 is 0 Å². The summed E-state index contributed by atoms with van der Waals surface area (Å²) >= 11 is 0. The second kappa shape index (κ2) is 9.16. The van der Waals surface area contributed by atoms with Gasteiger partial charge in [0.15, 0.2) is 0 Å². The van der Waals surface area contributed by atoms with Crippen LogP contribution in [-0.2, 0) is 17.9 Å². The molecule has 0 atom stereocenters. The molecular weight excluding hydrogens is 416 g/mol.